The van der Waals surface area contributed by atoms with E-state index in [4.69, 9.17) is 4.42 Å². The summed E-state index contributed by atoms with van der Waals surface area (Å²) < 4.78 is 6.41. The molecule has 0 fully saturated rings. The van der Waals surface area contributed by atoms with Crippen molar-refractivity contribution in [2.45, 2.75) is 44.0 Å². The number of hydrogen-bond donors (Lipinski definition) is 0. The van der Waals surface area contributed by atoms with Gasteiger partial charge >= 0.3 is 0 Å². The van der Waals surface area contributed by atoms with Gasteiger partial charge in [-0.3, -0.25) is 4.79 Å². The Balaban J connectivity index is 1.97. The molecule has 0 bridgehead atoms. The number of furan rings is 1. The van der Waals surface area contributed by atoms with Gasteiger partial charge in [0, 0.05) is 11.9 Å². The molecule has 0 radical (unpaired) electrons. The standard InChI is InChI=1S/C16H22N2O2S2/c1-3-5-8-18(11-14-7-6-9-20-14)15(19)10-13-12-22-16(17-13)21-4-2/h6-7,9,12H,3-5,8,10-11H2,1-2H3. The molecule has 0 saturated heterocycles. The molecule has 1 amide bonds. The quantitative estimate of drug-likeness (QED) is 0.642. The minimum Gasteiger partial charge on any atom is -0.467 e. The van der Waals surface area contributed by atoms with Gasteiger partial charge in [0.2, 0.25) is 5.91 Å². The van der Waals surface area contributed by atoms with Crippen LogP contribution in [0.2, 0.25) is 0 Å². The summed E-state index contributed by atoms with van der Waals surface area (Å²) in [6.07, 6.45) is 4.08. The lowest BCUT2D eigenvalue weighted by Gasteiger charge is -2.21. The predicted molar refractivity (Wildman–Crippen MR) is 91.2 cm³/mol. The third kappa shape index (κ3) is 5.18. The summed E-state index contributed by atoms with van der Waals surface area (Å²) in [7, 11) is 0. The van der Waals surface area contributed by atoms with E-state index in [1.807, 2.05) is 22.4 Å². The van der Waals surface area contributed by atoms with Crippen LogP contribution < -0.4 is 0 Å². The fourth-order valence-corrected chi connectivity index (χ4v) is 3.80. The van der Waals surface area contributed by atoms with Crippen molar-refractivity contribution in [3.8, 4) is 0 Å². The van der Waals surface area contributed by atoms with Gasteiger partial charge in [-0.25, -0.2) is 4.98 Å². The van der Waals surface area contributed by atoms with Crippen LogP contribution in [0.4, 0.5) is 0 Å². The van der Waals surface area contributed by atoms with Gasteiger partial charge in [-0.2, -0.15) is 0 Å². The first-order valence-corrected chi connectivity index (χ1v) is 9.46. The van der Waals surface area contributed by atoms with Gasteiger partial charge < -0.3 is 9.32 Å². The molecule has 0 unspecified atom stereocenters. The molecule has 2 rings (SSSR count). The second-order valence-electron chi connectivity index (χ2n) is 4.96. The van der Waals surface area contributed by atoms with Crippen LogP contribution in [-0.2, 0) is 17.8 Å². The van der Waals surface area contributed by atoms with Crippen molar-refractivity contribution in [2.75, 3.05) is 12.3 Å². The molecule has 0 saturated carbocycles. The zero-order chi connectivity index (χ0) is 15.8. The molecule has 2 heterocycles. The minimum absolute atomic E-state index is 0.114. The maximum Gasteiger partial charge on any atom is 0.229 e. The number of carbonyl (C=O) groups excluding carboxylic acids is 1. The zero-order valence-electron chi connectivity index (χ0n) is 13.1. The molecule has 2 aromatic rings. The molecule has 0 spiro atoms. The zero-order valence-corrected chi connectivity index (χ0v) is 14.7. The van der Waals surface area contributed by atoms with Gasteiger partial charge in [0.25, 0.3) is 0 Å². The van der Waals surface area contributed by atoms with E-state index in [0.29, 0.717) is 13.0 Å². The third-order valence-corrected chi connectivity index (χ3v) is 5.14. The SMILES string of the molecule is CCCCN(Cc1ccco1)C(=O)Cc1csc(SCC)n1. The molecule has 0 aromatic carbocycles. The van der Waals surface area contributed by atoms with Gasteiger partial charge in [0.1, 0.15) is 10.1 Å². The normalized spacial score (nSPS) is 10.8. The summed E-state index contributed by atoms with van der Waals surface area (Å²) in [6.45, 7) is 5.53. The Morgan fingerprint density at radius 1 is 1.45 bits per heavy atom. The van der Waals surface area contributed by atoms with Crippen molar-refractivity contribution >= 4 is 29.0 Å². The molecular weight excluding hydrogens is 316 g/mol. The Hall–Kier alpha value is -1.27. The lowest BCUT2D eigenvalue weighted by molar-refractivity contribution is -0.131. The molecule has 0 N–H and O–H groups in total. The predicted octanol–water partition coefficient (Wildman–Crippen LogP) is 4.22. The van der Waals surface area contributed by atoms with Gasteiger partial charge in [0.05, 0.1) is 24.9 Å². The highest BCUT2D eigenvalue weighted by Crippen LogP contribution is 2.22. The van der Waals surface area contributed by atoms with Crippen molar-refractivity contribution in [3.05, 3.63) is 35.2 Å². The van der Waals surface area contributed by atoms with Gasteiger partial charge in [-0.15, -0.1) is 11.3 Å². The van der Waals surface area contributed by atoms with Crippen LogP contribution in [-0.4, -0.2) is 28.1 Å². The summed E-state index contributed by atoms with van der Waals surface area (Å²) in [4.78, 5) is 18.9. The number of thioether (sulfide) groups is 1. The highest BCUT2D eigenvalue weighted by molar-refractivity contribution is 8.00. The van der Waals surface area contributed by atoms with Crippen molar-refractivity contribution in [1.29, 1.82) is 0 Å². The van der Waals surface area contributed by atoms with Gasteiger partial charge in [0.15, 0.2) is 0 Å². The van der Waals surface area contributed by atoms with E-state index in [0.717, 1.165) is 40.9 Å². The lowest BCUT2D eigenvalue weighted by Crippen LogP contribution is -2.32. The molecule has 6 heteroatoms. The monoisotopic (exact) mass is 338 g/mol. The molecule has 120 valence electrons. The fraction of sp³-hybridized carbons (Fsp3) is 0.500. The molecular formula is C16H22N2O2S2. The summed E-state index contributed by atoms with van der Waals surface area (Å²) in [5, 5.41) is 1.99. The van der Waals surface area contributed by atoms with Crippen molar-refractivity contribution in [3.63, 3.8) is 0 Å². The smallest absolute Gasteiger partial charge is 0.229 e. The van der Waals surface area contributed by atoms with Crippen LogP contribution in [0.25, 0.3) is 0 Å². The van der Waals surface area contributed by atoms with Crippen molar-refractivity contribution < 1.29 is 9.21 Å². The number of carbonyl (C=O) groups is 1. The van der Waals surface area contributed by atoms with E-state index in [-0.39, 0.29) is 5.91 Å². The van der Waals surface area contributed by atoms with Crippen molar-refractivity contribution in [1.82, 2.24) is 9.88 Å². The largest absolute Gasteiger partial charge is 0.467 e. The number of hydrogen-bond acceptors (Lipinski definition) is 5. The average molecular weight is 338 g/mol. The number of unbranched alkanes of at least 4 members (excludes halogenated alkanes) is 1. The third-order valence-electron chi connectivity index (χ3n) is 3.19. The molecule has 0 aliphatic carbocycles. The van der Waals surface area contributed by atoms with Gasteiger partial charge in [-0.05, 0) is 24.3 Å². The Kier molecular flexibility index (Phi) is 6.99. The van der Waals surface area contributed by atoms with E-state index < -0.39 is 0 Å². The van der Waals surface area contributed by atoms with Crippen molar-refractivity contribution in [2.24, 2.45) is 0 Å². The number of rotatable bonds is 9. The lowest BCUT2D eigenvalue weighted by atomic mass is 10.2. The Morgan fingerprint density at radius 3 is 3.00 bits per heavy atom. The van der Waals surface area contributed by atoms with Crippen LogP contribution in [0.3, 0.4) is 0 Å². The number of nitrogens with zero attached hydrogens (tertiary/aromatic N) is 2. The van der Waals surface area contributed by atoms with Gasteiger partial charge in [-0.1, -0.05) is 32.0 Å². The van der Waals surface area contributed by atoms with E-state index in [9.17, 15) is 4.79 Å². The Bertz CT molecular complexity index is 566. The van der Waals surface area contributed by atoms with E-state index >= 15 is 0 Å². The highest BCUT2D eigenvalue weighted by Gasteiger charge is 2.17. The van der Waals surface area contributed by atoms with Crippen LogP contribution in [0.1, 0.15) is 38.1 Å². The molecule has 22 heavy (non-hydrogen) atoms. The van der Waals surface area contributed by atoms with Crippen LogP contribution in [0.5, 0.6) is 0 Å². The fourth-order valence-electron chi connectivity index (χ4n) is 2.06. The Labute approximate surface area is 139 Å². The Morgan fingerprint density at radius 2 is 2.32 bits per heavy atom. The number of aromatic nitrogens is 1. The second-order valence-corrected chi connectivity index (χ2v) is 7.33. The first kappa shape index (κ1) is 17.1. The molecule has 0 aliphatic heterocycles. The maximum atomic E-state index is 12.6. The average Bonchev–Trinajstić information content (AvgIpc) is 3.16. The van der Waals surface area contributed by atoms with Crippen LogP contribution >= 0.6 is 23.1 Å². The number of thiazole rings is 1. The molecule has 0 atom stereocenters. The second kappa shape index (κ2) is 9.00. The van der Waals surface area contributed by atoms with Crippen LogP contribution in [0, 0.1) is 0 Å². The summed E-state index contributed by atoms with van der Waals surface area (Å²) in [5.41, 5.74) is 0.867. The molecule has 4 nitrogen and oxygen atoms in total. The van der Waals surface area contributed by atoms with Crippen LogP contribution in [0.15, 0.2) is 32.5 Å². The summed E-state index contributed by atoms with van der Waals surface area (Å²) in [5.74, 6) is 1.94. The molecule has 0 aliphatic rings. The first-order chi connectivity index (χ1) is 10.7. The topological polar surface area (TPSA) is 46.3 Å². The maximum absolute atomic E-state index is 12.6. The first-order valence-electron chi connectivity index (χ1n) is 7.60. The highest BCUT2D eigenvalue weighted by atomic mass is 32.2. The van der Waals surface area contributed by atoms with E-state index in [1.54, 1.807) is 29.4 Å². The van der Waals surface area contributed by atoms with E-state index in [2.05, 4.69) is 18.8 Å². The minimum atomic E-state index is 0.114. The van der Waals surface area contributed by atoms with E-state index in [1.165, 1.54) is 0 Å². The number of amides is 1. The summed E-state index contributed by atoms with van der Waals surface area (Å²) >= 11 is 3.33. The molecule has 2 aromatic heterocycles. The summed E-state index contributed by atoms with van der Waals surface area (Å²) in [6, 6.07) is 3.76.